The summed E-state index contributed by atoms with van der Waals surface area (Å²) in [5.74, 6) is -3.31. The third-order valence-electron chi connectivity index (χ3n) is 16.7. The van der Waals surface area contributed by atoms with Crippen LogP contribution in [0.1, 0.15) is 136 Å². The third kappa shape index (κ3) is 17.8. The van der Waals surface area contributed by atoms with Gasteiger partial charge in [-0.3, -0.25) is 34.1 Å². The molecular formula is C62H86ClN5O16. The average molecular weight is 1190 g/mol. The summed E-state index contributed by atoms with van der Waals surface area (Å²) in [6.45, 7) is 11.1. The number of rotatable bonds is 24. The first-order chi connectivity index (χ1) is 39.8. The summed E-state index contributed by atoms with van der Waals surface area (Å²) in [7, 11) is 5.84. The number of esters is 2. The van der Waals surface area contributed by atoms with Crippen LogP contribution in [0.25, 0.3) is 0 Å². The number of hydrogen-bond donors (Lipinski definition) is 5. The molecule has 3 fully saturated rings. The molecule has 4 aliphatic rings. The SMILES string of the molecule is COc1cc(CC(=O)[C@H](CCCNC(N)=O)NC(=O)[C@@H](CC(=O)CCCCC(C)OC(=O)C2CCC2)C(C)C)ccc1NC(=O)O[C@H]1CC(=O)N(C)c2cc(cc(OC)c2Cl)C/C(C)=C/C=C/[C@@H](OC)[C@]2(O)CC(=O)O[C@@H](C2)[C@@H](C)[C@@H]2O[C@@]12C. The molecule has 2 aromatic carbocycles. The molecule has 22 heteroatoms. The maximum Gasteiger partial charge on any atom is 0.412 e. The molecule has 4 bridgehead atoms. The molecule has 10 atom stereocenters. The minimum atomic E-state index is -1.65. The van der Waals surface area contributed by atoms with E-state index in [1.807, 2.05) is 33.8 Å². The predicted octanol–water partition coefficient (Wildman–Crippen LogP) is 8.20. The molecule has 0 spiro atoms. The van der Waals surface area contributed by atoms with Gasteiger partial charge in [0.1, 0.15) is 51.8 Å². The number of urea groups is 1. The van der Waals surface area contributed by atoms with E-state index in [0.29, 0.717) is 42.7 Å². The Labute approximate surface area is 497 Å². The molecule has 2 saturated heterocycles. The molecule has 6 N–H and O–H groups in total. The van der Waals surface area contributed by atoms with Gasteiger partial charge in [-0.25, -0.2) is 9.59 Å². The van der Waals surface area contributed by atoms with Crippen LogP contribution in [0.5, 0.6) is 11.5 Å². The van der Waals surface area contributed by atoms with Gasteiger partial charge in [0.2, 0.25) is 11.8 Å². The summed E-state index contributed by atoms with van der Waals surface area (Å²) in [5.41, 5.74) is 4.94. The van der Waals surface area contributed by atoms with E-state index in [-0.39, 0.29) is 103 Å². The summed E-state index contributed by atoms with van der Waals surface area (Å²) < 4.78 is 41.0. The normalized spacial score (nSPS) is 25.7. The molecule has 1 aliphatic carbocycles. The largest absolute Gasteiger partial charge is 0.495 e. The van der Waals surface area contributed by atoms with Gasteiger partial charge >= 0.3 is 24.1 Å². The molecule has 3 heterocycles. The maximum absolute atomic E-state index is 14.5. The number of Topliss-reactive ketones (excluding diaryl/α,β-unsaturated/α-hetero) is 2. The van der Waals surface area contributed by atoms with Crippen LogP contribution < -0.4 is 36.1 Å². The Morgan fingerprint density at radius 2 is 1.70 bits per heavy atom. The number of ether oxygens (including phenoxy) is 7. The second-order valence-electron chi connectivity index (χ2n) is 23.5. The van der Waals surface area contributed by atoms with Crippen LogP contribution >= 0.6 is 11.6 Å². The third-order valence-corrected chi connectivity index (χ3v) is 17.1. The fourth-order valence-electron chi connectivity index (χ4n) is 11.2. The number of nitrogens with zero attached hydrogens (tertiary/aromatic N) is 1. The lowest BCUT2D eigenvalue weighted by Crippen LogP contribution is -2.53. The minimum Gasteiger partial charge on any atom is -0.495 e. The first-order valence-corrected chi connectivity index (χ1v) is 29.5. The number of amides is 5. The molecule has 2 aromatic rings. The summed E-state index contributed by atoms with van der Waals surface area (Å²) in [5, 5.41) is 20.3. The van der Waals surface area contributed by atoms with E-state index in [1.165, 1.54) is 32.3 Å². The Balaban J connectivity index is 1.17. The monoisotopic (exact) mass is 1190 g/mol. The van der Waals surface area contributed by atoms with Crippen molar-refractivity contribution in [1.82, 2.24) is 10.6 Å². The van der Waals surface area contributed by atoms with E-state index in [2.05, 4.69) is 16.0 Å². The number of halogens is 1. The van der Waals surface area contributed by atoms with Crippen molar-refractivity contribution in [2.75, 3.05) is 45.1 Å². The number of allylic oxidation sites excluding steroid dienone is 3. The number of ketones is 2. The molecule has 1 saturated carbocycles. The van der Waals surface area contributed by atoms with Crippen molar-refractivity contribution in [2.45, 2.75) is 186 Å². The Bertz CT molecular complexity index is 2780. The number of fused-ring (bicyclic) bond motifs is 5. The van der Waals surface area contributed by atoms with E-state index in [4.69, 9.17) is 50.5 Å². The summed E-state index contributed by atoms with van der Waals surface area (Å²) in [6.07, 6.45) is 5.10. The number of nitrogens with one attached hydrogen (secondary N) is 3. The highest BCUT2D eigenvalue weighted by molar-refractivity contribution is 6.35. The molecule has 0 radical (unpaired) electrons. The topological polar surface area (TPSA) is 290 Å². The molecule has 21 nitrogen and oxygen atoms in total. The summed E-state index contributed by atoms with van der Waals surface area (Å²) in [6, 6.07) is 6.45. The van der Waals surface area contributed by atoms with Crippen LogP contribution in [-0.4, -0.2) is 135 Å². The van der Waals surface area contributed by atoms with E-state index >= 15 is 0 Å². The smallest absolute Gasteiger partial charge is 0.412 e. The van der Waals surface area contributed by atoms with Crippen LogP contribution in [0.2, 0.25) is 5.02 Å². The highest BCUT2D eigenvalue weighted by Crippen LogP contribution is 2.50. The second kappa shape index (κ2) is 30.0. The number of carbonyl (C=O) groups excluding carboxylic acids is 8. The van der Waals surface area contributed by atoms with Crippen molar-refractivity contribution in [3.63, 3.8) is 0 Å². The number of aliphatic hydroxyl groups is 1. The Morgan fingerprint density at radius 1 is 0.976 bits per heavy atom. The number of hydrogen-bond acceptors (Lipinski definition) is 16. The van der Waals surface area contributed by atoms with Gasteiger partial charge in [-0.2, -0.15) is 0 Å². The first kappa shape index (κ1) is 66.6. The molecule has 84 heavy (non-hydrogen) atoms. The van der Waals surface area contributed by atoms with Crippen molar-refractivity contribution in [3.8, 4) is 11.5 Å². The number of anilines is 2. The number of carbonyl (C=O) groups is 8. The quantitative estimate of drug-likeness (QED) is 0.0286. The van der Waals surface area contributed by atoms with Crippen molar-refractivity contribution in [2.24, 2.45) is 29.4 Å². The lowest BCUT2D eigenvalue weighted by atomic mass is 9.78. The van der Waals surface area contributed by atoms with E-state index in [1.54, 1.807) is 57.3 Å². The minimum absolute atomic E-state index is 0.00470. The van der Waals surface area contributed by atoms with Crippen LogP contribution in [0.3, 0.4) is 0 Å². The molecule has 1 unspecified atom stereocenters. The van der Waals surface area contributed by atoms with E-state index in [0.717, 1.165) is 30.4 Å². The van der Waals surface area contributed by atoms with Gasteiger partial charge in [0.25, 0.3) is 0 Å². The lowest BCUT2D eigenvalue weighted by molar-refractivity contribution is -0.187. The highest BCUT2D eigenvalue weighted by Gasteiger charge is 2.64. The molecule has 6 rings (SSSR count). The second-order valence-corrected chi connectivity index (χ2v) is 23.9. The Morgan fingerprint density at radius 3 is 2.36 bits per heavy atom. The number of methoxy groups -OCH3 is 3. The molecule has 0 aromatic heterocycles. The fraction of sp³-hybridized carbons (Fsp3) is 0.613. The summed E-state index contributed by atoms with van der Waals surface area (Å²) >= 11 is 6.86. The molecular weight excluding hydrogens is 1110 g/mol. The van der Waals surface area contributed by atoms with Gasteiger partial charge in [-0.05, 0) is 113 Å². The zero-order valence-electron chi connectivity index (χ0n) is 50.2. The number of epoxide rings is 1. The fourth-order valence-corrected chi connectivity index (χ4v) is 11.6. The summed E-state index contributed by atoms with van der Waals surface area (Å²) in [4.78, 5) is 108. The van der Waals surface area contributed by atoms with Crippen molar-refractivity contribution in [1.29, 1.82) is 0 Å². The zero-order chi connectivity index (χ0) is 61.6. The van der Waals surface area contributed by atoms with Gasteiger partial charge in [0.15, 0.2) is 5.78 Å². The lowest BCUT2D eigenvalue weighted by Gasteiger charge is -2.41. The Hall–Kier alpha value is -6.55. The highest BCUT2D eigenvalue weighted by atomic mass is 35.5. The number of primary amides is 1. The number of benzene rings is 2. The molecule has 462 valence electrons. The van der Waals surface area contributed by atoms with Gasteiger partial charge in [0.05, 0.1) is 62.6 Å². The van der Waals surface area contributed by atoms with Gasteiger partial charge < -0.3 is 59.5 Å². The molecule has 3 aliphatic heterocycles. The first-order valence-electron chi connectivity index (χ1n) is 29.1. The van der Waals surface area contributed by atoms with Crippen molar-refractivity contribution >= 4 is 70.4 Å². The van der Waals surface area contributed by atoms with Crippen LogP contribution in [0, 0.1) is 23.7 Å². The molecule has 5 amide bonds. The van der Waals surface area contributed by atoms with Crippen LogP contribution in [-0.2, 0) is 65.3 Å². The number of unbranched alkanes of at least 4 members (excludes halogenated alkanes) is 1. The van der Waals surface area contributed by atoms with E-state index < -0.39 is 89.8 Å². The maximum atomic E-state index is 14.5. The predicted molar refractivity (Wildman–Crippen MR) is 314 cm³/mol. The average Bonchev–Trinajstić information content (AvgIpc) is 3.29. The van der Waals surface area contributed by atoms with Crippen molar-refractivity contribution < 1.29 is 76.6 Å². The van der Waals surface area contributed by atoms with Gasteiger partial charge in [-0.15, -0.1) is 0 Å². The van der Waals surface area contributed by atoms with Gasteiger partial charge in [0, 0.05) is 58.2 Å². The van der Waals surface area contributed by atoms with E-state index in [9.17, 15) is 43.5 Å². The Kier molecular flexibility index (Phi) is 23.8. The van der Waals surface area contributed by atoms with Crippen LogP contribution in [0.4, 0.5) is 21.0 Å². The standard InChI is InChI=1S/C62H86ClN5O16/c1-35(2)43(31-42(69)20-12-11-17-37(4)81-58(74)41-18-14-19-41)57(73)66-44(21-15-25-65-59(64)75)47(70)28-39-23-24-45(48(29-39)78-8)67-60(76)83-52-32-53(71)68(7)46-27-40(30-49(79-9)55(46)63)26-36(3)16-13-22-51(80-10)62(77)33-50(82-54(72)34-62)38(5)56-61(52,6)84-56/h13,16,22-24,27,29-30,35,37-38,41,43-44,50-52,56,77H,11-12,14-15,17-21,25-26,28,31-34H2,1-10H3,(H,66,73)(H,67,76)(H3,64,65,75)/b22-13+,36-16+/t37?,38-,43+,44+,50+,51-,52+,56+,61+,62-/m1/s1. The van der Waals surface area contributed by atoms with Crippen molar-refractivity contribution in [3.05, 3.63) is 70.3 Å². The number of nitrogens with two attached hydrogens (primary N) is 1. The van der Waals surface area contributed by atoms with Crippen LogP contribution in [0.15, 0.2) is 54.1 Å². The van der Waals surface area contributed by atoms with Gasteiger partial charge in [-0.1, -0.05) is 68.7 Å². The zero-order valence-corrected chi connectivity index (χ0v) is 50.9.